The van der Waals surface area contributed by atoms with Gasteiger partial charge in [0.05, 0.1) is 0 Å². The van der Waals surface area contributed by atoms with Crippen molar-refractivity contribution in [2.75, 3.05) is 12.8 Å². The third-order valence-electron chi connectivity index (χ3n) is 3.14. The summed E-state index contributed by atoms with van der Waals surface area (Å²) in [6.45, 7) is 2.02. The predicted molar refractivity (Wildman–Crippen MR) is 80.3 cm³/mol. The Balaban J connectivity index is 2.27. The number of likely N-dealkylation sites (N-methyl/N-ethyl adjacent to an activating group) is 1. The molecule has 0 spiro atoms. The first-order chi connectivity index (χ1) is 9.10. The van der Waals surface area contributed by atoms with E-state index in [2.05, 4.69) is 22.4 Å². The van der Waals surface area contributed by atoms with Crippen LogP contribution in [0.2, 0.25) is 5.02 Å². The van der Waals surface area contributed by atoms with Gasteiger partial charge in [0.1, 0.15) is 5.82 Å². The summed E-state index contributed by atoms with van der Waals surface area (Å²) in [7, 11) is 1.93. The minimum absolute atomic E-state index is 0.130. The van der Waals surface area contributed by atoms with Crippen molar-refractivity contribution >= 4 is 17.4 Å². The molecule has 0 fully saturated rings. The van der Waals surface area contributed by atoms with E-state index in [4.69, 9.17) is 17.3 Å². The van der Waals surface area contributed by atoms with Crippen LogP contribution in [0.4, 0.5) is 5.82 Å². The SMILES string of the molecule is CNC(Cc1cccc(Cl)c1)c1cc(C)cnc1N. The summed E-state index contributed by atoms with van der Waals surface area (Å²) in [6.07, 6.45) is 2.61. The number of halogens is 1. The van der Waals surface area contributed by atoms with Crippen molar-refractivity contribution in [1.29, 1.82) is 0 Å². The van der Waals surface area contributed by atoms with Crippen LogP contribution in [0, 0.1) is 6.92 Å². The lowest BCUT2D eigenvalue weighted by Gasteiger charge is -2.18. The number of nitrogens with zero attached hydrogens (tertiary/aromatic N) is 1. The van der Waals surface area contributed by atoms with E-state index < -0.39 is 0 Å². The molecule has 1 aromatic heterocycles. The van der Waals surface area contributed by atoms with E-state index in [-0.39, 0.29) is 6.04 Å². The number of anilines is 1. The van der Waals surface area contributed by atoms with Crippen molar-refractivity contribution in [2.45, 2.75) is 19.4 Å². The molecule has 1 atom stereocenters. The molecular weight excluding hydrogens is 258 g/mol. The van der Waals surface area contributed by atoms with Gasteiger partial charge in [0.15, 0.2) is 0 Å². The molecule has 0 aliphatic heterocycles. The Bertz CT molecular complexity index is 569. The van der Waals surface area contributed by atoms with Crippen molar-refractivity contribution in [3.05, 3.63) is 58.2 Å². The van der Waals surface area contributed by atoms with Crippen LogP contribution in [0.25, 0.3) is 0 Å². The zero-order chi connectivity index (χ0) is 13.8. The number of nitrogen functional groups attached to an aromatic ring is 1. The lowest BCUT2D eigenvalue weighted by atomic mass is 9.98. The Morgan fingerprint density at radius 1 is 1.37 bits per heavy atom. The molecule has 0 radical (unpaired) electrons. The summed E-state index contributed by atoms with van der Waals surface area (Å²) < 4.78 is 0. The van der Waals surface area contributed by atoms with Gasteiger partial charge in [-0.05, 0) is 49.7 Å². The Morgan fingerprint density at radius 2 is 2.16 bits per heavy atom. The standard InChI is InChI=1S/C15H18ClN3/c1-10-6-13(15(17)19-9-10)14(18-2)8-11-4-3-5-12(16)7-11/h3-7,9,14,18H,8H2,1-2H3,(H2,17,19). The maximum absolute atomic E-state index is 6.02. The smallest absolute Gasteiger partial charge is 0.128 e. The fraction of sp³-hybridized carbons (Fsp3) is 0.267. The van der Waals surface area contributed by atoms with Crippen LogP contribution in [0.15, 0.2) is 36.5 Å². The maximum atomic E-state index is 6.02. The van der Waals surface area contributed by atoms with Crippen molar-refractivity contribution in [3.8, 4) is 0 Å². The topological polar surface area (TPSA) is 50.9 Å². The average molecular weight is 276 g/mol. The highest BCUT2D eigenvalue weighted by molar-refractivity contribution is 6.30. The molecule has 3 nitrogen and oxygen atoms in total. The van der Waals surface area contributed by atoms with Crippen LogP contribution in [0.5, 0.6) is 0 Å². The number of hydrogen-bond acceptors (Lipinski definition) is 3. The van der Waals surface area contributed by atoms with Gasteiger partial charge < -0.3 is 11.1 Å². The molecule has 0 aliphatic rings. The Hall–Kier alpha value is -1.58. The normalized spacial score (nSPS) is 12.4. The van der Waals surface area contributed by atoms with Crippen LogP contribution in [-0.4, -0.2) is 12.0 Å². The van der Waals surface area contributed by atoms with Crippen molar-refractivity contribution in [2.24, 2.45) is 0 Å². The largest absolute Gasteiger partial charge is 0.383 e. The minimum atomic E-state index is 0.130. The van der Waals surface area contributed by atoms with E-state index in [0.29, 0.717) is 5.82 Å². The molecule has 0 amide bonds. The number of aryl methyl sites for hydroxylation is 1. The second-order valence-corrected chi connectivity index (χ2v) is 5.10. The number of rotatable bonds is 4. The number of hydrogen-bond donors (Lipinski definition) is 2. The first kappa shape index (κ1) is 13.8. The Labute approximate surface area is 118 Å². The fourth-order valence-electron chi connectivity index (χ4n) is 2.15. The quantitative estimate of drug-likeness (QED) is 0.901. The lowest BCUT2D eigenvalue weighted by molar-refractivity contribution is 0.591. The van der Waals surface area contributed by atoms with Crippen molar-refractivity contribution in [3.63, 3.8) is 0 Å². The maximum Gasteiger partial charge on any atom is 0.128 e. The van der Waals surface area contributed by atoms with Gasteiger partial charge in [-0.1, -0.05) is 23.7 Å². The number of nitrogens with one attached hydrogen (secondary N) is 1. The summed E-state index contributed by atoms with van der Waals surface area (Å²) in [5.74, 6) is 0.576. The molecule has 1 unspecified atom stereocenters. The zero-order valence-corrected chi connectivity index (χ0v) is 11.9. The fourth-order valence-corrected chi connectivity index (χ4v) is 2.36. The summed E-state index contributed by atoms with van der Waals surface area (Å²) >= 11 is 6.02. The van der Waals surface area contributed by atoms with Gasteiger partial charge in [-0.2, -0.15) is 0 Å². The third kappa shape index (κ3) is 3.46. The molecule has 0 saturated heterocycles. The molecular formula is C15H18ClN3. The highest BCUT2D eigenvalue weighted by Gasteiger charge is 2.14. The van der Waals surface area contributed by atoms with E-state index in [1.807, 2.05) is 32.2 Å². The zero-order valence-electron chi connectivity index (χ0n) is 11.2. The molecule has 2 aromatic rings. The molecule has 19 heavy (non-hydrogen) atoms. The first-order valence-corrected chi connectivity index (χ1v) is 6.61. The van der Waals surface area contributed by atoms with Gasteiger partial charge in [0, 0.05) is 22.8 Å². The molecule has 4 heteroatoms. The van der Waals surface area contributed by atoms with E-state index in [0.717, 1.165) is 22.6 Å². The lowest BCUT2D eigenvalue weighted by Crippen LogP contribution is -2.20. The second-order valence-electron chi connectivity index (χ2n) is 4.66. The molecule has 100 valence electrons. The van der Waals surface area contributed by atoms with Gasteiger partial charge in [0.25, 0.3) is 0 Å². The van der Waals surface area contributed by atoms with Gasteiger partial charge >= 0.3 is 0 Å². The predicted octanol–water partition coefficient (Wildman–Crippen LogP) is 3.13. The number of benzene rings is 1. The van der Waals surface area contributed by atoms with Crippen LogP contribution < -0.4 is 11.1 Å². The van der Waals surface area contributed by atoms with E-state index in [1.165, 1.54) is 5.56 Å². The molecule has 3 N–H and O–H groups in total. The molecule has 1 aromatic carbocycles. The summed E-state index contributed by atoms with van der Waals surface area (Å²) in [4.78, 5) is 4.22. The molecule has 0 saturated carbocycles. The van der Waals surface area contributed by atoms with Crippen LogP contribution in [0.1, 0.15) is 22.7 Å². The van der Waals surface area contributed by atoms with Gasteiger partial charge in [0.2, 0.25) is 0 Å². The number of pyridine rings is 1. The van der Waals surface area contributed by atoms with E-state index in [9.17, 15) is 0 Å². The summed E-state index contributed by atoms with van der Waals surface area (Å²) in [6, 6.07) is 10.1. The van der Waals surface area contributed by atoms with Crippen LogP contribution in [-0.2, 0) is 6.42 Å². The molecule has 0 aliphatic carbocycles. The third-order valence-corrected chi connectivity index (χ3v) is 3.37. The van der Waals surface area contributed by atoms with Gasteiger partial charge in [-0.25, -0.2) is 4.98 Å². The summed E-state index contributed by atoms with van der Waals surface area (Å²) in [5, 5.41) is 4.04. The van der Waals surface area contributed by atoms with Gasteiger partial charge in [-0.15, -0.1) is 0 Å². The van der Waals surface area contributed by atoms with Crippen molar-refractivity contribution < 1.29 is 0 Å². The average Bonchev–Trinajstić information content (AvgIpc) is 2.39. The van der Waals surface area contributed by atoms with E-state index >= 15 is 0 Å². The van der Waals surface area contributed by atoms with Crippen LogP contribution in [0.3, 0.4) is 0 Å². The number of aromatic nitrogens is 1. The van der Waals surface area contributed by atoms with Gasteiger partial charge in [-0.3, -0.25) is 0 Å². The molecule has 1 heterocycles. The van der Waals surface area contributed by atoms with Crippen LogP contribution >= 0.6 is 11.6 Å². The highest BCUT2D eigenvalue weighted by atomic mass is 35.5. The molecule has 2 rings (SSSR count). The first-order valence-electron chi connectivity index (χ1n) is 6.24. The van der Waals surface area contributed by atoms with E-state index in [1.54, 1.807) is 6.20 Å². The highest BCUT2D eigenvalue weighted by Crippen LogP contribution is 2.24. The Kier molecular flexibility index (Phi) is 4.40. The number of nitrogens with two attached hydrogens (primary N) is 1. The Morgan fingerprint density at radius 3 is 2.84 bits per heavy atom. The summed E-state index contributed by atoms with van der Waals surface area (Å²) in [5.41, 5.74) is 9.28. The minimum Gasteiger partial charge on any atom is -0.383 e. The molecule has 0 bridgehead atoms. The monoisotopic (exact) mass is 275 g/mol. The van der Waals surface area contributed by atoms with Crippen molar-refractivity contribution in [1.82, 2.24) is 10.3 Å². The second kappa shape index (κ2) is 6.04.